The number of urea groups is 1. The topological polar surface area (TPSA) is 94.4 Å². The number of aryl methyl sites for hydroxylation is 1. The first-order valence-corrected chi connectivity index (χ1v) is 9.08. The number of carbonyl (C=O) groups is 1. The minimum Gasteiger partial charge on any atom is -0.378 e. The number of hydrazine groups is 1. The number of nitrogens with one attached hydrogen (secondary N) is 1. The lowest BCUT2D eigenvalue weighted by molar-refractivity contribution is 0.0529. The lowest BCUT2D eigenvalue weighted by Crippen LogP contribution is -2.54. The second kappa shape index (κ2) is 7.46. The molecule has 8 nitrogen and oxygen atoms in total. The highest BCUT2D eigenvalue weighted by molar-refractivity contribution is 5.76. The fourth-order valence-electron chi connectivity index (χ4n) is 3.28. The van der Waals surface area contributed by atoms with Crippen LogP contribution < -0.4 is 10.4 Å². The van der Waals surface area contributed by atoms with Gasteiger partial charge in [0.15, 0.2) is 5.82 Å². The van der Waals surface area contributed by atoms with Crippen molar-refractivity contribution in [2.45, 2.75) is 40.0 Å². The summed E-state index contributed by atoms with van der Waals surface area (Å²) in [6.45, 7) is 9.13. The summed E-state index contributed by atoms with van der Waals surface area (Å²) >= 11 is 0. The molecule has 1 fully saturated rings. The number of morpholine rings is 1. The van der Waals surface area contributed by atoms with Crippen LogP contribution in [-0.2, 0) is 17.6 Å². The number of nitriles is 1. The summed E-state index contributed by atoms with van der Waals surface area (Å²) in [6, 6.07) is 1.88. The zero-order valence-electron chi connectivity index (χ0n) is 15.7. The molecule has 0 radical (unpaired) electrons. The molecule has 8 heteroatoms. The first-order chi connectivity index (χ1) is 12.4. The summed E-state index contributed by atoms with van der Waals surface area (Å²) in [6.07, 6.45) is 2.71. The number of hydrogen-bond acceptors (Lipinski definition) is 6. The number of nitrogens with zero attached hydrogens (tertiary/aromatic N) is 5. The maximum Gasteiger partial charge on any atom is 0.336 e. The molecule has 1 aliphatic carbocycles. The summed E-state index contributed by atoms with van der Waals surface area (Å²) in [5, 5.41) is 11.1. The first-order valence-electron chi connectivity index (χ1n) is 9.08. The Bertz CT molecular complexity index is 716. The normalized spacial score (nSPS) is 16.8. The van der Waals surface area contributed by atoms with E-state index in [4.69, 9.17) is 4.74 Å². The Balaban J connectivity index is 1.90. The molecular weight excluding hydrogens is 332 g/mol. The van der Waals surface area contributed by atoms with Crippen LogP contribution in [0.5, 0.6) is 0 Å². The van der Waals surface area contributed by atoms with Gasteiger partial charge in [0.25, 0.3) is 0 Å². The van der Waals surface area contributed by atoms with Crippen molar-refractivity contribution < 1.29 is 9.53 Å². The monoisotopic (exact) mass is 358 g/mol. The molecule has 2 amide bonds. The molecular formula is C18H26N6O2. The van der Waals surface area contributed by atoms with Crippen molar-refractivity contribution >= 4 is 11.8 Å². The molecule has 0 atom stereocenters. The van der Waals surface area contributed by atoms with E-state index < -0.39 is 0 Å². The number of amides is 2. The van der Waals surface area contributed by atoms with E-state index in [1.807, 2.05) is 6.07 Å². The van der Waals surface area contributed by atoms with Crippen LogP contribution in [0, 0.1) is 16.7 Å². The van der Waals surface area contributed by atoms with Crippen molar-refractivity contribution in [3.8, 4) is 6.07 Å². The lowest BCUT2D eigenvalue weighted by atomic mass is 9.96. The second-order valence-corrected chi connectivity index (χ2v) is 7.92. The van der Waals surface area contributed by atoms with Crippen molar-refractivity contribution in [3.05, 3.63) is 17.1 Å². The highest BCUT2D eigenvalue weighted by atomic mass is 16.5. The van der Waals surface area contributed by atoms with Crippen LogP contribution in [0.4, 0.5) is 10.6 Å². The molecule has 0 aromatic carbocycles. The average Bonchev–Trinajstić information content (AvgIpc) is 3.08. The predicted octanol–water partition coefficient (Wildman–Crippen LogP) is 1.65. The molecule has 1 aromatic rings. The standard InChI is InChI=1S/C18H26N6O2/c1-18(2,3)12-24(22-17(25)23-7-9-26-10-8-23)16-13-5-4-6-14(13)20-15(11-19)21-16/h4-10,12H2,1-3H3,(H,22,25). The van der Waals surface area contributed by atoms with E-state index >= 15 is 0 Å². The maximum absolute atomic E-state index is 12.7. The SMILES string of the molecule is CC(C)(C)CN(NC(=O)N1CCOCC1)c1nc(C#N)nc2c1CCC2. The number of aromatic nitrogens is 2. The van der Waals surface area contributed by atoms with Gasteiger partial charge in [-0.2, -0.15) is 10.2 Å². The number of ether oxygens (including phenoxy) is 1. The predicted molar refractivity (Wildman–Crippen MR) is 96.5 cm³/mol. The molecule has 1 N–H and O–H groups in total. The van der Waals surface area contributed by atoms with E-state index in [2.05, 4.69) is 36.2 Å². The van der Waals surface area contributed by atoms with E-state index in [9.17, 15) is 10.1 Å². The van der Waals surface area contributed by atoms with E-state index in [-0.39, 0.29) is 17.3 Å². The molecule has 0 spiro atoms. The molecule has 1 saturated heterocycles. The van der Waals surface area contributed by atoms with E-state index in [1.165, 1.54) is 0 Å². The van der Waals surface area contributed by atoms with Crippen molar-refractivity contribution in [2.24, 2.45) is 5.41 Å². The van der Waals surface area contributed by atoms with Gasteiger partial charge in [0.1, 0.15) is 6.07 Å². The van der Waals surface area contributed by atoms with Gasteiger partial charge in [-0.3, -0.25) is 5.01 Å². The van der Waals surface area contributed by atoms with Crippen molar-refractivity contribution in [3.63, 3.8) is 0 Å². The van der Waals surface area contributed by atoms with Crippen molar-refractivity contribution in [2.75, 3.05) is 37.9 Å². The summed E-state index contributed by atoms with van der Waals surface area (Å²) in [5.74, 6) is 0.806. The molecule has 26 heavy (non-hydrogen) atoms. The molecule has 0 unspecified atom stereocenters. The third-order valence-corrected chi connectivity index (χ3v) is 4.43. The largest absolute Gasteiger partial charge is 0.378 e. The molecule has 2 heterocycles. The summed E-state index contributed by atoms with van der Waals surface area (Å²) in [4.78, 5) is 23.3. The fraction of sp³-hybridized carbons (Fsp3) is 0.667. The molecule has 140 valence electrons. The smallest absolute Gasteiger partial charge is 0.336 e. The number of fused-ring (bicyclic) bond motifs is 1. The number of anilines is 1. The van der Waals surface area contributed by atoms with Crippen molar-refractivity contribution in [1.29, 1.82) is 5.26 Å². The number of hydrogen-bond donors (Lipinski definition) is 1. The fourth-order valence-corrected chi connectivity index (χ4v) is 3.28. The Morgan fingerprint density at radius 1 is 1.31 bits per heavy atom. The summed E-state index contributed by atoms with van der Waals surface area (Å²) in [5.41, 5.74) is 4.90. The molecule has 1 aromatic heterocycles. The highest BCUT2D eigenvalue weighted by Crippen LogP contribution is 2.30. The zero-order chi connectivity index (χ0) is 18.7. The van der Waals surface area contributed by atoms with Crippen molar-refractivity contribution in [1.82, 2.24) is 20.3 Å². The first kappa shape index (κ1) is 18.4. The Morgan fingerprint density at radius 3 is 2.69 bits per heavy atom. The van der Waals surface area contributed by atoms with E-state index in [0.717, 1.165) is 30.5 Å². The van der Waals surface area contributed by atoms with Gasteiger partial charge >= 0.3 is 6.03 Å². The second-order valence-electron chi connectivity index (χ2n) is 7.92. The minimum absolute atomic E-state index is 0.0679. The number of carbonyl (C=O) groups excluding carboxylic acids is 1. The van der Waals surface area contributed by atoms with Gasteiger partial charge in [0.2, 0.25) is 5.82 Å². The zero-order valence-corrected chi connectivity index (χ0v) is 15.7. The van der Waals surface area contributed by atoms with Crippen LogP contribution in [0.1, 0.15) is 44.3 Å². The minimum atomic E-state index is -0.165. The molecule has 0 bridgehead atoms. The molecule has 0 saturated carbocycles. The third kappa shape index (κ3) is 4.22. The van der Waals surface area contributed by atoms with Gasteiger partial charge in [-0.05, 0) is 24.7 Å². The molecule has 1 aliphatic heterocycles. The summed E-state index contributed by atoms with van der Waals surface area (Å²) in [7, 11) is 0. The highest BCUT2D eigenvalue weighted by Gasteiger charge is 2.28. The Kier molecular flexibility index (Phi) is 5.28. The van der Waals surface area contributed by atoms with Gasteiger partial charge in [0, 0.05) is 25.2 Å². The Labute approximate surface area is 154 Å². The van der Waals surface area contributed by atoms with Crippen LogP contribution in [0.3, 0.4) is 0 Å². The Hall–Kier alpha value is -2.40. The van der Waals surface area contributed by atoms with Gasteiger partial charge in [-0.15, -0.1) is 0 Å². The van der Waals surface area contributed by atoms with Crippen LogP contribution >= 0.6 is 0 Å². The van der Waals surface area contributed by atoms with Gasteiger partial charge in [-0.25, -0.2) is 15.2 Å². The number of rotatable bonds is 3. The van der Waals surface area contributed by atoms with Crippen LogP contribution in [-0.4, -0.2) is 53.7 Å². The third-order valence-electron chi connectivity index (χ3n) is 4.43. The molecule has 2 aliphatic rings. The van der Waals surface area contributed by atoms with Gasteiger partial charge in [-0.1, -0.05) is 20.8 Å². The molecule has 3 rings (SSSR count). The average molecular weight is 358 g/mol. The van der Waals surface area contributed by atoms with Crippen LogP contribution in [0.15, 0.2) is 0 Å². The summed E-state index contributed by atoms with van der Waals surface area (Å²) < 4.78 is 5.32. The van der Waals surface area contributed by atoms with E-state index in [0.29, 0.717) is 38.7 Å². The van der Waals surface area contributed by atoms with E-state index in [1.54, 1.807) is 9.91 Å². The Morgan fingerprint density at radius 2 is 2.04 bits per heavy atom. The van der Waals surface area contributed by atoms with Crippen LogP contribution in [0.2, 0.25) is 0 Å². The lowest BCUT2D eigenvalue weighted by Gasteiger charge is -2.35. The van der Waals surface area contributed by atoms with Crippen LogP contribution in [0.25, 0.3) is 0 Å². The quantitative estimate of drug-likeness (QED) is 0.826. The van der Waals surface area contributed by atoms with Gasteiger partial charge < -0.3 is 9.64 Å². The maximum atomic E-state index is 12.7. The van der Waals surface area contributed by atoms with Gasteiger partial charge in [0.05, 0.1) is 18.9 Å².